The van der Waals surface area contributed by atoms with Gasteiger partial charge in [-0.15, -0.1) is 0 Å². The van der Waals surface area contributed by atoms with Crippen molar-refractivity contribution in [3.8, 4) is 0 Å². The molecule has 1 aromatic rings. The fourth-order valence-electron chi connectivity index (χ4n) is 2.04. The number of hydrogen-bond donors (Lipinski definition) is 1. The minimum absolute atomic E-state index is 0.815. The van der Waals surface area contributed by atoms with E-state index < -0.39 is 0 Å². The zero-order valence-electron chi connectivity index (χ0n) is 8.38. The molecule has 0 radical (unpaired) electrons. The molecule has 13 heavy (non-hydrogen) atoms. The van der Waals surface area contributed by atoms with Gasteiger partial charge in [-0.05, 0) is 44.8 Å². The summed E-state index contributed by atoms with van der Waals surface area (Å²) in [6, 6.07) is 2.19. The highest BCUT2D eigenvalue weighted by Crippen LogP contribution is 2.15. The van der Waals surface area contributed by atoms with Gasteiger partial charge in [0.05, 0.1) is 5.69 Å². The van der Waals surface area contributed by atoms with Gasteiger partial charge >= 0.3 is 0 Å². The molecule has 1 N–H and O–H groups in total. The van der Waals surface area contributed by atoms with Gasteiger partial charge in [-0.2, -0.15) is 5.10 Å². The van der Waals surface area contributed by atoms with Crippen LogP contribution in [0.2, 0.25) is 0 Å². The summed E-state index contributed by atoms with van der Waals surface area (Å²) in [5.41, 5.74) is 2.50. The van der Waals surface area contributed by atoms with Crippen LogP contribution in [0, 0.1) is 12.8 Å². The number of nitrogens with zero attached hydrogens (tertiary/aromatic N) is 2. The Balaban J connectivity index is 2.03. The first-order valence-electron chi connectivity index (χ1n) is 4.96. The van der Waals surface area contributed by atoms with Crippen LogP contribution in [0.25, 0.3) is 0 Å². The van der Waals surface area contributed by atoms with E-state index in [1.54, 1.807) is 0 Å². The van der Waals surface area contributed by atoms with E-state index in [0.29, 0.717) is 0 Å². The highest BCUT2D eigenvalue weighted by Gasteiger charge is 2.16. The van der Waals surface area contributed by atoms with Crippen molar-refractivity contribution in [3.05, 3.63) is 17.5 Å². The second kappa shape index (κ2) is 3.50. The van der Waals surface area contributed by atoms with E-state index in [9.17, 15) is 0 Å². The van der Waals surface area contributed by atoms with Crippen LogP contribution in [0.5, 0.6) is 0 Å². The summed E-state index contributed by atoms with van der Waals surface area (Å²) in [4.78, 5) is 0. The van der Waals surface area contributed by atoms with Gasteiger partial charge in [-0.3, -0.25) is 4.68 Å². The molecule has 0 amide bonds. The summed E-state index contributed by atoms with van der Waals surface area (Å²) in [5, 5.41) is 7.74. The molecule has 0 aromatic carbocycles. The van der Waals surface area contributed by atoms with Crippen LogP contribution in [-0.2, 0) is 13.5 Å². The lowest BCUT2D eigenvalue weighted by Crippen LogP contribution is -2.12. The molecule has 1 fully saturated rings. The minimum atomic E-state index is 0.815. The first kappa shape index (κ1) is 8.75. The second-order valence-corrected chi connectivity index (χ2v) is 3.96. The van der Waals surface area contributed by atoms with Crippen molar-refractivity contribution >= 4 is 0 Å². The Morgan fingerprint density at radius 1 is 1.69 bits per heavy atom. The second-order valence-electron chi connectivity index (χ2n) is 3.96. The third-order valence-corrected chi connectivity index (χ3v) is 2.76. The molecule has 3 nitrogen and oxygen atoms in total. The molecule has 0 bridgehead atoms. The van der Waals surface area contributed by atoms with Crippen molar-refractivity contribution < 1.29 is 0 Å². The molecule has 0 spiro atoms. The molecule has 1 atom stereocenters. The van der Waals surface area contributed by atoms with Crippen LogP contribution in [0.1, 0.15) is 17.8 Å². The minimum Gasteiger partial charge on any atom is -0.316 e. The predicted molar refractivity (Wildman–Crippen MR) is 52.6 cm³/mol. The first-order chi connectivity index (χ1) is 6.25. The Labute approximate surface area is 79.1 Å². The average molecular weight is 179 g/mol. The van der Waals surface area contributed by atoms with Crippen molar-refractivity contribution in [2.75, 3.05) is 13.1 Å². The molecule has 1 saturated heterocycles. The SMILES string of the molecule is Cc1cc(CC2CCNC2)n(C)n1. The van der Waals surface area contributed by atoms with Gasteiger partial charge in [0.15, 0.2) is 0 Å². The first-order valence-corrected chi connectivity index (χ1v) is 4.96. The number of rotatable bonds is 2. The van der Waals surface area contributed by atoms with E-state index in [4.69, 9.17) is 0 Å². The molecular weight excluding hydrogens is 162 g/mol. The van der Waals surface area contributed by atoms with Gasteiger partial charge < -0.3 is 5.32 Å². The summed E-state index contributed by atoms with van der Waals surface area (Å²) in [7, 11) is 2.03. The molecule has 1 aromatic heterocycles. The van der Waals surface area contributed by atoms with Crippen LogP contribution in [-0.4, -0.2) is 22.9 Å². The molecule has 72 valence electrons. The van der Waals surface area contributed by atoms with E-state index in [0.717, 1.165) is 11.6 Å². The molecule has 1 aliphatic heterocycles. The number of aryl methyl sites for hydroxylation is 2. The summed E-state index contributed by atoms with van der Waals surface area (Å²) in [6.07, 6.45) is 2.48. The van der Waals surface area contributed by atoms with Gasteiger partial charge in [-0.25, -0.2) is 0 Å². The molecule has 0 aliphatic carbocycles. The maximum absolute atomic E-state index is 4.35. The largest absolute Gasteiger partial charge is 0.316 e. The Morgan fingerprint density at radius 2 is 2.54 bits per heavy atom. The summed E-state index contributed by atoms with van der Waals surface area (Å²) < 4.78 is 2.01. The maximum Gasteiger partial charge on any atom is 0.0596 e. The van der Waals surface area contributed by atoms with Crippen molar-refractivity contribution in [2.24, 2.45) is 13.0 Å². The van der Waals surface area contributed by atoms with Gasteiger partial charge in [0.2, 0.25) is 0 Å². The third kappa shape index (κ3) is 1.91. The summed E-state index contributed by atoms with van der Waals surface area (Å²) >= 11 is 0. The van der Waals surface area contributed by atoms with Crippen LogP contribution in [0.15, 0.2) is 6.07 Å². The van der Waals surface area contributed by atoms with Crippen molar-refractivity contribution in [1.82, 2.24) is 15.1 Å². The lowest BCUT2D eigenvalue weighted by molar-refractivity contribution is 0.548. The lowest BCUT2D eigenvalue weighted by atomic mass is 10.0. The average Bonchev–Trinajstić information content (AvgIpc) is 2.63. The summed E-state index contributed by atoms with van der Waals surface area (Å²) in [6.45, 7) is 4.40. The highest BCUT2D eigenvalue weighted by molar-refractivity contribution is 5.09. The van der Waals surface area contributed by atoms with Gasteiger partial charge in [0.25, 0.3) is 0 Å². The number of nitrogens with one attached hydrogen (secondary N) is 1. The van der Waals surface area contributed by atoms with E-state index >= 15 is 0 Å². The Kier molecular flexibility index (Phi) is 2.36. The Bertz CT molecular complexity index is 284. The third-order valence-electron chi connectivity index (χ3n) is 2.76. The molecular formula is C10H17N3. The molecule has 1 unspecified atom stereocenters. The predicted octanol–water partition coefficient (Wildman–Crippen LogP) is 0.881. The lowest BCUT2D eigenvalue weighted by Gasteiger charge is -2.07. The van der Waals surface area contributed by atoms with Crippen molar-refractivity contribution in [1.29, 1.82) is 0 Å². The Hall–Kier alpha value is -0.830. The number of aromatic nitrogens is 2. The fourth-order valence-corrected chi connectivity index (χ4v) is 2.04. The van der Waals surface area contributed by atoms with Crippen LogP contribution < -0.4 is 5.32 Å². The topological polar surface area (TPSA) is 29.9 Å². The van der Waals surface area contributed by atoms with E-state index in [2.05, 4.69) is 23.4 Å². The fraction of sp³-hybridized carbons (Fsp3) is 0.700. The van der Waals surface area contributed by atoms with Crippen molar-refractivity contribution in [2.45, 2.75) is 19.8 Å². The standard InChI is InChI=1S/C10H17N3/c1-8-5-10(13(2)12-8)6-9-3-4-11-7-9/h5,9,11H,3-4,6-7H2,1-2H3. The molecule has 3 heteroatoms. The van der Waals surface area contributed by atoms with E-state index in [-0.39, 0.29) is 0 Å². The zero-order valence-corrected chi connectivity index (χ0v) is 8.38. The number of hydrogen-bond acceptors (Lipinski definition) is 2. The van der Waals surface area contributed by atoms with Crippen molar-refractivity contribution in [3.63, 3.8) is 0 Å². The van der Waals surface area contributed by atoms with Crippen LogP contribution >= 0.6 is 0 Å². The van der Waals surface area contributed by atoms with E-state index in [1.807, 2.05) is 11.7 Å². The Morgan fingerprint density at radius 3 is 3.08 bits per heavy atom. The zero-order chi connectivity index (χ0) is 9.26. The molecule has 0 saturated carbocycles. The van der Waals surface area contributed by atoms with Gasteiger partial charge in [0.1, 0.15) is 0 Å². The maximum atomic E-state index is 4.35. The normalized spacial score (nSPS) is 22.5. The quantitative estimate of drug-likeness (QED) is 0.730. The van der Waals surface area contributed by atoms with Crippen LogP contribution in [0.4, 0.5) is 0 Å². The molecule has 2 rings (SSSR count). The molecule has 2 heterocycles. The monoisotopic (exact) mass is 179 g/mol. The summed E-state index contributed by atoms with van der Waals surface area (Å²) in [5.74, 6) is 0.815. The highest BCUT2D eigenvalue weighted by atomic mass is 15.3. The smallest absolute Gasteiger partial charge is 0.0596 e. The van der Waals surface area contributed by atoms with Crippen LogP contribution in [0.3, 0.4) is 0 Å². The van der Waals surface area contributed by atoms with Gasteiger partial charge in [-0.1, -0.05) is 0 Å². The van der Waals surface area contributed by atoms with Gasteiger partial charge in [0, 0.05) is 12.7 Å². The van der Waals surface area contributed by atoms with E-state index in [1.165, 1.54) is 31.6 Å². The molecule has 1 aliphatic rings.